The zero-order chi connectivity index (χ0) is 18.2. The first kappa shape index (κ1) is 18.4. The highest BCUT2D eigenvalue weighted by molar-refractivity contribution is 5.80. The maximum absolute atomic E-state index is 4.86. The van der Waals surface area contributed by atoms with Crippen molar-refractivity contribution in [3.8, 4) is 0 Å². The van der Waals surface area contributed by atoms with Crippen LogP contribution in [0.3, 0.4) is 0 Å². The Bertz CT molecular complexity index is 684. The Morgan fingerprint density at radius 2 is 2.00 bits per heavy atom. The molecule has 1 aliphatic heterocycles. The Morgan fingerprint density at radius 1 is 1.19 bits per heavy atom. The molecule has 0 bridgehead atoms. The number of guanidine groups is 1. The molecule has 1 aromatic heterocycles. The zero-order valence-corrected chi connectivity index (χ0v) is 15.9. The summed E-state index contributed by atoms with van der Waals surface area (Å²) in [6.07, 6.45) is 3.90. The molecule has 2 unspecified atom stereocenters. The maximum atomic E-state index is 4.86. The molecule has 26 heavy (non-hydrogen) atoms. The second-order valence-corrected chi connectivity index (χ2v) is 7.04. The van der Waals surface area contributed by atoms with Gasteiger partial charge < -0.3 is 10.2 Å². The van der Waals surface area contributed by atoms with Crippen LogP contribution in [0.4, 0.5) is 0 Å². The number of hydrogen-bond acceptors (Lipinski definition) is 2. The van der Waals surface area contributed by atoms with Gasteiger partial charge in [0.25, 0.3) is 0 Å². The van der Waals surface area contributed by atoms with Gasteiger partial charge in [-0.3, -0.25) is 9.98 Å². The molecule has 1 aromatic carbocycles. The van der Waals surface area contributed by atoms with E-state index in [0.717, 1.165) is 44.3 Å². The average Bonchev–Trinajstić information content (AvgIpc) is 2.69. The summed E-state index contributed by atoms with van der Waals surface area (Å²) < 4.78 is 0. The normalized spacial score (nSPS) is 20.8. The van der Waals surface area contributed by atoms with Crippen molar-refractivity contribution in [2.45, 2.75) is 32.6 Å². The number of rotatable bonds is 5. The van der Waals surface area contributed by atoms with Gasteiger partial charge in [0.2, 0.25) is 0 Å². The third kappa shape index (κ3) is 4.84. The van der Waals surface area contributed by atoms with E-state index in [2.05, 4.69) is 65.4 Å². The van der Waals surface area contributed by atoms with E-state index in [0.29, 0.717) is 11.8 Å². The molecule has 0 radical (unpaired) electrons. The van der Waals surface area contributed by atoms with E-state index in [4.69, 9.17) is 4.99 Å². The summed E-state index contributed by atoms with van der Waals surface area (Å²) in [4.78, 5) is 11.7. The van der Waals surface area contributed by atoms with Gasteiger partial charge in [-0.25, -0.2) is 0 Å². The van der Waals surface area contributed by atoms with Crippen LogP contribution < -0.4 is 5.32 Å². The van der Waals surface area contributed by atoms with Gasteiger partial charge in [0, 0.05) is 44.5 Å². The number of hydrogen-bond donors (Lipinski definition) is 1. The SMILES string of the molecule is CCNC(=NCCc1ccccn1)N1CCC(c2ccccc2)C(C)C1. The van der Waals surface area contributed by atoms with Gasteiger partial charge in [-0.2, -0.15) is 0 Å². The minimum absolute atomic E-state index is 0.616. The zero-order valence-electron chi connectivity index (χ0n) is 15.9. The largest absolute Gasteiger partial charge is 0.357 e. The van der Waals surface area contributed by atoms with Gasteiger partial charge in [-0.1, -0.05) is 43.3 Å². The Balaban J connectivity index is 1.61. The lowest BCUT2D eigenvalue weighted by atomic mass is 9.82. The van der Waals surface area contributed by atoms with Crippen molar-refractivity contribution in [1.82, 2.24) is 15.2 Å². The summed E-state index contributed by atoms with van der Waals surface area (Å²) in [5.41, 5.74) is 2.57. The molecule has 0 amide bonds. The van der Waals surface area contributed by atoms with Crippen molar-refractivity contribution in [1.29, 1.82) is 0 Å². The molecule has 0 spiro atoms. The summed E-state index contributed by atoms with van der Waals surface area (Å²) in [6, 6.07) is 17.0. The molecule has 138 valence electrons. The summed E-state index contributed by atoms with van der Waals surface area (Å²) in [5, 5.41) is 3.47. The number of likely N-dealkylation sites (tertiary alicyclic amines) is 1. The standard InChI is InChI=1S/C22H30N4/c1-3-23-22(25-15-12-20-11-7-8-14-24-20)26-16-13-21(18(2)17-26)19-9-5-4-6-10-19/h4-11,14,18,21H,3,12-13,15-17H2,1-2H3,(H,23,25). The fourth-order valence-corrected chi connectivity index (χ4v) is 3.78. The molecular weight excluding hydrogens is 320 g/mol. The summed E-state index contributed by atoms with van der Waals surface area (Å²) >= 11 is 0. The highest BCUT2D eigenvalue weighted by Crippen LogP contribution is 2.32. The smallest absolute Gasteiger partial charge is 0.193 e. The molecule has 1 saturated heterocycles. The molecule has 0 saturated carbocycles. The predicted molar refractivity (Wildman–Crippen MR) is 108 cm³/mol. The Labute approximate surface area is 157 Å². The van der Waals surface area contributed by atoms with Crippen molar-refractivity contribution in [3.63, 3.8) is 0 Å². The number of piperidine rings is 1. The molecule has 1 N–H and O–H groups in total. The minimum Gasteiger partial charge on any atom is -0.357 e. The lowest BCUT2D eigenvalue weighted by Gasteiger charge is -2.39. The van der Waals surface area contributed by atoms with E-state index < -0.39 is 0 Å². The summed E-state index contributed by atoms with van der Waals surface area (Å²) in [5.74, 6) is 2.30. The van der Waals surface area contributed by atoms with Crippen LogP contribution in [0, 0.1) is 5.92 Å². The van der Waals surface area contributed by atoms with Gasteiger partial charge in [0.15, 0.2) is 5.96 Å². The Kier molecular flexibility index (Phi) is 6.64. The van der Waals surface area contributed by atoms with Gasteiger partial charge in [0.05, 0.1) is 0 Å². The fourth-order valence-electron chi connectivity index (χ4n) is 3.78. The monoisotopic (exact) mass is 350 g/mol. The number of nitrogens with one attached hydrogen (secondary N) is 1. The summed E-state index contributed by atoms with van der Waals surface area (Å²) in [6.45, 7) is 8.27. The minimum atomic E-state index is 0.616. The van der Waals surface area contributed by atoms with Crippen LogP contribution in [-0.2, 0) is 6.42 Å². The second-order valence-electron chi connectivity index (χ2n) is 7.04. The van der Waals surface area contributed by atoms with E-state index in [1.54, 1.807) is 0 Å². The number of aliphatic imine (C=N–C) groups is 1. The molecule has 2 atom stereocenters. The molecule has 1 aliphatic rings. The number of aromatic nitrogens is 1. The lowest BCUT2D eigenvalue weighted by molar-refractivity contribution is 0.234. The van der Waals surface area contributed by atoms with Crippen LogP contribution in [0.2, 0.25) is 0 Å². The second kappa shape index (κ2) is 9.37. The number of nitrogens with zero attached hydrogens (tertiary/aromatic N) is 3. The average molecular weight is 351 g/mol. The fraction of sp³-hybridized carbons (Fsp3) is 0.455. The van der Waals surface area contributed by atoms with Crippen molar-refractivity contribution in [2.24, 2.45) is 10.9 Å². The highest BCUT2D eigenvalue weighted by atomic mass is 15.3. The van der Waals surface area contributed by atoms with Crippen LogP contribution in [0.1, 0.15) is 37.4 Å². The van der Waals surface area contributed by atoms with Crippen molar-refractivity contribution in [3.05, 3.63) is 66.0 Å². The van der Waals surface area contributed by atoms with Crippen LogP contribution >= 0.6 is 0 Å². The molecular formula is C22H30N4. The number of pyridine rings is 1. The first-order chi connectivity index (χ1) is 12.8. The van der Waals surface area contributed by atoms with E-state index in [-0.39, 0.29) is 0 Å². The van der Waals surface area contributed by atoms with Crippen molar-refractivity contribution < 1.29 is 0 Å². The lowest BCUT2D eigenvalue weighted by Crippen LogP contribution is -2.48. The van der Waals surface area contributed by atoms with Gasteiger partial charge in [-0.15, -0.1) is 0 Å². The highest BCUT2D eigenvalue weighted by Gasteiger charge is 2.28. The van der Waals surface area contributed by atoms with Crippen LogP contribution in [0.5, 0.6) is 0 Å². The van der Waals surface area contributed by atoms with Crippen molar-refractivity contribution in [2.75, 3.05) is 26.2 Å². The van der Waals surface area contributed by atoms with Gasteiger partial charge >= 0.3 is 0 Å². The molecule has 3 rings (SSSR count). The molecule has 2 heterocycles. The topological polar surface area (TPSA) is 40.5 Å². The molecule has 2 aromatic rings. The van der Waals surface area contributed by atoms with Crippen LogP contribution in [0.15, 0.2) is 59.7 Å². The Hall–Kier alpha value is -2.36. The first-order valence-corrected chi connectivity index (χ1v) is 9.76. The molecule has 4 heteroatoms. The summed E-state index contributed by atoms with van der Waals surface area (Å²) in [7, 11) is 0. The molecule has 0 aliphatic carbocycles. The predicted octanol–water partition coefficient (Wildman–Crippen LogP) is 3.72. The van der Waals surface area contributed by atoms with Crippen LogP contribution in [0.25, 0.3) is 0 Å². The van der Waals surface area contributed by atoms with Gasteiger partial charge in [0.1, 0.15) is 0 Å². The van der Waals surface area contributed by atoms with E-state index >= 15 is 0 Å². The molecule has 1 fully saturated rings. The third-order valence-electron chi connectivity index (χ3n) is 5.12. The van der Waals surface area contributed by atoms with Crippen LogP contribution in [-0.4, -0.2) is 42.0 Å². The number of benzene rings is 1. The quantitative estimate of drug-likeness (QED) is 0.660. The maximum Gasteiger partial charge on any atom is 0.193 e. The first-order valence-electron chi connectivity index (χ1n) is 9.76. The third-order valence-corrected chi connectivity index (χ3v) is 5.12. The molecule has 4 nitrogen and oxygen atoms in total. The van der Waals surface area contributed by atoms with E-state index in [1.165, 1.54) is 12.0 Å². The van der Waals surface area contributed by atoms with E-state index in [1.807, 2.05) is 18.3 Å². The Morgan fingerprint density at radius 3 is 2.69 bits per heavy atom. The van der Waals surface area contributed by atoms with Gasteiger partial charge in [-0.05, 0) is 42.9 Å². The van der Waals surface area contributed by atoms with Crippen molar-refractivity contribution >= 4 is 5.96 Å². The van der Waals surface area contributed by atoms with E-state index in [9.17, 15) is 0 Å².